The quantitative estimate of drug-likeness (QED) is 0.515. The van der Waals surface area contributed by atoms with E-state index in [0.29, 0.717) is 25.9 Å². The number of halogens is 2. The van der Waals surface area contributed by atoms with Gasteiger partial charge in [0.15, 0.2) is 0 Å². The van der Waals surface area contributed by atoms with E-state index in [1.807, 2.05) is 30.3 Å². The number of hydrogen-bond donors (Lipinski definition) is 1. The Morgan fingerprint density at radius 2 is 1.73 bits per heavy atom. The summed E-state index contributed by atoms with van der Waals surface area (Å²) in [5.41, 5.74) is 0.824. The lowest BCUT2D eigenvalue weighted by molar-refractivity contribution is -0.132. The molecule has 174 valence electrons. The van der Waals surface area contributed by atoms with E-state index in [0.717, 1.165) is 16.7 Å². The van der Waals surface area contributed by atoms with Gasteiger partial charge in [-0.3, -0.25) is 9.78 Å². The Morgan fingerprint density at radius 1 is 1.06 bits per heavy atom. The second kappa shape index (κ2) is 10.3. The van der Waals surface area contributed by atoms with Crippen molar-refractivity contribution in [2.24, 2.45) is 0 Å². The Hall–Kier alpha value is -2.39. The number of aromatic nitrogens is 1. The number of nitrogens with one attached hydrogen (secondary N) is 1. The van der Waals surface area contributed by atoms with Gasteiger partial charge in [0.05, 0.1) is 10.0 Å². The van der Waals surface area contributed by atoms with Gasteiger partial charge in [0.1, 0.15) is 22.3 Å². The molecule has 4 rings (SSSR count). The van der Waals surface area contributed by atoms with Crippen molar-refractivity contribution in [3.8, 4) is 5.75 Å². The fourth-order valence-corrected chi connectivity index (χ4v) is 6.01. The average molecular weight is 508 g/mol. The number of amides is 1. The third-order valence-corrected chi connectivity index (χ3v) is 7.92. The van der Waals surface area contributed by atoms with Crippen LogP contribution < -0.4 is 9.46 Å². The lowest BCUT2D eigenvalue weighted by atomic mass is 10.1. The minimum atomic E-state index is -3.92. The maximum Gasteiger partial charge on any atom is 0.243 e. The lowest BCUT2D eigenvalue weighted by Gasteiger charge is -2.32. The van der Waals surface area contributed by atoms with Gasteiger partial charge < -0.3 is 9.64 Å². The minimum absolute atomic E-state index is 0.0116. The van der Waals surface area contributed by atoms with Gasteiger partial charge in [-0.25, -0.2) is 13.1 Å². The van der Waals surface area contributed by atoms with E-state index in [4.69, 9.17) is 27.9 Å². The van der Waals surface area contributed by atoms with Crippen molar-refractivity contribution in [2.45, 2.75) is 30.3 Å². The second-order valence-electron chi connectivity index (χ2n) is 7.73. The van der Waals surface area contributed by atoms with Crippen LogP contribution in [0.15, 0.2) is 59.6 Å². The predicted molar refractivity (Wildman–Crippen MR) is 128 cm³/mol. The molecule has 1 aliphatic heterocycles. The summed E-state index contributed by atoms with van der Waals surface area (Å²) in [6.45, 7) is 1.05. The molecule has 1 aliphatic rings. The number of benzene rings is 2. The molecule has 1 N–H and O–H groups in total. The topological polar surface area (TPSA) is 88.6 Å². The van der Waals surface area contributed by atoms with Gasteiger partial charge >= 0.3 is 0 Å². The number of carbonyl (C=O) groups excluding carboxylic acids is 1. The van der Waals surface area contributed by atoms with Crippen LogP contribution in [0.3, 0.4) is 0 Å². The van der Waals surface area contributed by atoms with Crippen molar-refractivity contribution in [1.29, 1.82) is 0 Å². The van der Waals surface area contributed by atoms with E-state index >= 15 is 0 Å². The summed E-state index contributed by atoms with van der Waals surface area (Å²) in [5.74, 6) is 0.624. The molecule has 3 aromatic rings. The van der Waals surface area contributed by atoms with Crippen LogP contribution in [0.5, 0.6) is 5.75 Å². The highest BCUT2D eigenvalue weighted by molar-refractivity contribution is 7.89. The first-order valence-electron chi connectivity index (χ1n) is 10.6. The number of nitrogens with zero attached hydrogens (tertiary/aromatic N) is 2. The molecule has 33 heavy (non-hydrogen) atoms. The van der Waals surface area contributed by atoms with Gasteiger partial charge in [0, 0.05) is 50.5 Å². The largest absolute Gasteiger partial charge is 0.488 e. The zero-order chi connectivity index (χ0) is 23.4. The molecule has 2 heterocycles. The Morgan fingerprint density at radius 3 is 2.45 bits per heavy atom. The van der Waals surface area contributed by atoms with Crippen LogP contribution in [0.25, 0.3) is 10.9 Å². The highest BCUT2D eigenvalue weighted by atomic mass is 35.5. The number of hydrogen-bond acceptors (Lipinski definition) is 5. The summed E-state index contributed by atoms with van der Waals surface area (Å²) in [6, 6.07) is 14.2. The number of rotatable bonds is 7. The molecule has 0 unspecified atom stereocenters. The zero-order valence-electron chi connectivity index (χ0n) is 17.7. The van der Waals surface area contributed by atoms with Crippen LogP contribution in [0.2, 0.25) is 10.0 Å². The van der Waals surface area contributed by atoms with Crippen LogP contribution in [-0.4, -0.2) is 49.9 Å². The number of sulfonamides is 1. The molecule has 0 radical (unpaired) electrons. The predicted octanol–water partition coefficient (Wildman–Crippen LogP) is 4.28. The number of likely N-dealkylation sites (tertiary alicyclic amines) is 1. The second-order valence-corrected chi connectivity index (χ2v) is 10.2. The molecular formula is C23H23Cl2N3O4S. The van der Waals surface area contributed by atoms with Crippen LogP contribution in [0.1, 0.15) is 19.3 Å². The smallest absolute Gasteiger partial charge is 0.243 e. The van der Waals surface area contributed by atoms with E-state index in [2.05, 4.69) is 9.71 Å². The first-order valence-corrected chi connectivity index (χ1v) is 12.8. The van der Waals surface area contributed by atoms with Gasteiger partial charge in [-0.1, -0.05) is 47.5 Å². The summed E-state index contributed by atoms with van der Waals surface area (Å²) >= 11 is 12.0. The van der Waals surface area contributed by atoms with Crippen molar-refractivity contribution >= 4 is 50.0 Å². The minimum Gasteiger partial charge on any atom is -0.488 e. The molecule has 1 aromatic heterocycles. The van der Waals surface area contributed by atoms with Gasteiger partial charge in [-0.15, -0.1) is 0 Å². The summed E-state index contributed by atoms with van der Waals surface area (Å²) in [7, 11) is -3.92. The maximum atomic E-state index is 12.6. The van der Waals surface area contributed by atoms with E-state index < -0.39 is 10.0 Å². The van der Waals surface area contributed by atoms with Gasteiger partial charge in [-0.05, 0) is 24.3 Å². The van der Waals surface area contributed by atoms with Crippen molar-refractivity contribution in [1.82, 2.24) is 14.6 Å². The first-order chi connectivity index (χ1) is 15.8. The van der Waals surface area contributed by atoms with Crippen LogP contribution in [0.4, 0.5) is 0 Å². The average Bonchev–Trinajstić information content (AvgIpc) is 2.79. The number of piperidine rings is 1. The Balaban J connectivity index is 1.27. The number of fused-ring (bicyclic) bond motifs is 1. The van der Waals surface area contributed by atoms with Crippen molar-refractivity contribution in [3.05, 3.63) is 64.8 Å². The summed E-state index contributed by atoms with van der Waals surface area (Å²) < 4.78 is 33.6. The zero-order valence-corrected chi connectivity index (χ0v) is 20.0. The number of pyridine rings is 1. The molecule has 0 spiro atoms. The molecule has 7 nitrogen and oxygen atoms in total. The van der Waals surface area contributed by atoms with Crippen molar-refractivity contribution in [3.63, 3.8) is 0 Å². The molecule has 1 amide bonds. The maximum absolute atomic E-state index is 12.6. The normalized spacial score (nSPS) is 15.0. The number of para-hydroxylation sites is 1. The van der Waals surface area contributed by atoms with Crippen LogP contribution in [0, 0.1) is 0 Å². The monoisotopic (exact) mass is 507 g/mol. The fraction of sp³-hybridized carbons (Fsp3) is 0.304. The van der Waals surface area contributed by atoms with Crippen LogP contribution in [-0.2, 0) is 14.8 Å². The highest BCUT2D eigenvalue weighted by Gasteiger charge is 2.26. The van der Waals surface area contributed by atoms with Gasteiger partial charge in [0.2, 0.25) is 15.9 Å². The third-order valence-electron chi connectivity index (χ3n) is 5.50. The number of carbonyl (C=O) groups is 1. The highest BCUT2D eigenvalue weighted by Crippen LogP contribution is 2.29. The van der Waals surface area contributed by atoms with E-state index in [1.54, 1.807) is 17.2 Å². The molecule has 1 saturated heterocycles. The molecule has 10 heteroatoms. The molecule has 0 atom stereocenters. The number of ether oxygens (including phenoxy) is 1. The summed E-state index contributed by atoms with van der Waals surface area (Å²) in [4.78, 5) is 18.6. The SMILES string of the molecule is O=C(CCNS(=O)(=O)c1c(Cl)cccc1Cl)N1CCC(Oc2cccc3cccnc23)CC1. The van der Waals surface area contributed by atoms with Gasteiger partial charge in [-0.2, -0.15) is 0 Å². The molecule has 2 aromatic carbocycles. The fourth-order valence-electron chi connectivity index (χ4n) is 3.84. The molecule has 0 bridgehead atoms. The molecule has 0 saturated carbocycles. The molecule has 1 fully saturated rings. The van der Waals surface area contributed by atoms with E-state index in [-0.39, 0.29) is 39.9 Å². The Bertz CT molecular complexity index is 1240. The van der Waals surface area contributed by atoms with Crippen molar-refractivity contribution < 1.29 is 17.9 Å². The van der Waals surface area contributed by atoms with Gasteiger partial charge in [0.25, 0.3) is 0 Å². The summed E-state index contributed by atoms with van der Waals surface area (Å²) in [6.07, 6.45) is 3.15. The first kappa shape index (κ1) is 23.8. The third kappa shape index (κ3) is 5.58. The van der Waals surface area contributed by atoms with Crippen LogP contribution >= 0.6 is 23.2 Å². The Labute approximate surface area is 202 Å². The lowest BCUT2D eigenvalue weighted by Crippen LogP contribution is -2.42. The standard InChI is InChI=1S/C23H23Cl2N3O4S/c24-18-6-2-7-19(25)23(18)33(30,31)27-13-9-21(29)28-14-10-17(11-15-28)32-20-8-1-4-16-5-3-12-26-22(16)20/h1-8,12,17,27H,9-11,13-15H2. The van der Waals surface area contributed by atoms with E-state index in [1.165, 1.54) is 12.1 Å². The van der Waals surface area contributed by atoms with Crippen molar-refractivity contribution in [2.75, 3.05) is 19.6 Å². The summed E-state index contributed by atoms with van der Waals surface area (Å²) in [5, 5.41) is 1.08. The Kier molecular flexibility index (Phi) is 7.38. The molecule has 0 aliphatic carbocycles. The molecular weight excluding hydrogens is 485 g/mol. The van der Waals surface area contributed by atoms with E-state index in [9.17, 15) is 13.2 Å².